The summed E-state index contributed by atoms with van der Waals surface area (Å²) >= 11 is 4.63. The van der Waals surface area contributed by atoms with E-state index in [1.54, 1.807) is 7.05 Å². The number of ether oxygens (including phenoxy) is 4. The van der Waals surface area contributed by atoms with Crippen LogP contribution in [0.2, 0.25) is 0 Å². The Bertz CT molecular complexity index is 2320. The van der Waals surface area contributed by atoms with Crippen LogP contribution in [-0.2, 0) is 60.1 Å². The number of methoxy groups -OCH3 is 1. The Morgan fingerprint density at radius 1 is 0.981 bits per heavy atom. The maximum atomic E-state index is 12.7. The molecule has 4 aromatic heterocycles. The number of aryl methyl sites for hydroxylation is 1. The van der Waals surface area contributed by atoms with Crippen LogP contribution in [0.25, 0.3) is 22.3 Å². The van der Waals surface area contributed by atoms with Crippen LogP contribution in [0, 0.1) is 0 Å². The molecule has 2 aliphatic rings. The zero-order valence-electron chi connectivity index (χ0n) is 27.7. The van der Waals surface area contributed by atoms with Gasteiger partial charge in [-0.05, 0) is 11.8 Å². The zero-order valence-corrected chi connectivity index (χ0v) is 31.2. The van der Waals surface area contributed by atoms with Crippen molar-refractivity contribution in [1.82, 2.24) is 34.1 Å². The Hall–Kier alpha value is -3.11. The molecule has 4 aromatic rings. The molecule has 2 saturated heterocycles. The van der Waals surface area contributed by atoms with E-state index in [0.717, 1.165) is 10.9 Å². The predicted octanol–water partition coefficient (Wildman–Crippen LogP) is -3.73. The molecule has 0 aliphatic carbocycles. The van der Waals surface area contributed by atoms with E-state index in [-0.39, 0.29) is 34.2 Å². The maximum Gasteiger partial charge on any atom is 0.479 e. The summed E-state index contributed by atoms with van der Waals surface area (Å²) in [5.74, 6) is -0.463. The first-order valence-corrected chi connectivity index (χ1v) is 21.0. The van der Waals surface area contributed by atoms with Crippen molar-refractivity contribution in [2.75, 3.05) is 38.1 Å². The number of anilines is 2. The van der Waals surface area contributed by atoms with Crippen LogP contribution >= 0.6 is 22.1 Å². The second-order valence-electron chi connectivity index (χ2n) is 11.9. The molecule has 3 unspecified atom stereocenters. The standard InChI is InChI=1S/C23H33N10O17P3S/c1-31-6-33(17-11(31)19(38)30-23(25)28-17)21-15(44-2)13(35)9(48-21)4-46-52(41,42)50-53(43,54)49-51(39,40)7-45-3-8-12(34)14(36)20(47-8)32-5-26-10-16(32)27-22(24)29-18(10)37/h5-6,8-9,12-15,20-21,34-36H,3-4,7H2,1-2H3,(H8-,24,25,27,28,29,30,37,38,39,40,41,42,43,54)/p+1/t8-,9-,12-,13-,14-,15-,20-,21-,53?/m1/s1. The lowest BCUT2D eigenvalue weighted by Gasteiger charge is -2.23. The van der Waals surface area contributed by atoms with Gasteiger partial charge in [0.05, 0.1) is 26.6 Å². The van der Waals surface area contributed by atoms with E-state index < -0.39 is 102 Å². The predicted molar refractivity (Wildman–Crippen MR) is 180 cm³/mol. The summed E-state index contributed by atoms with van der Waals surface area (Å²) in [7, 11) is -7.69. The van der Waals surface area contributed by atoms with Crippen LogP contribution in [0.3, 0.4) is 0 Å². The van der Waals surface area contributed by atoms with E-state index in [2.05, 4.69) is 45.3 Å². The quantitative estimate of drug-likeness (QED) is 0.0430. The van der Waals surface area contributed by atoms with Crippen molar-refractivity contribution in [3.63, 3.8) is 0 Å². The fraction of sp³-hybridized carbons (Fsp3) is 0.565. The maximum absolute atomic E-state index is 12.7. The molecular formula is C23H34N10O17P3S+. The van der Waals surface area contributed by atoms with Crippen LogP contribution in [0.15, 0.2) is 22.2 Å². The molecule has 0 aromatic carbocycles. The molecule has 0 radical (unpaired) electrons. The number of H-pyrrole nitrogens is 2. The van der Waals surface area contributed by atoms with Gasteiger partial charge in [-0.2, -0.15) is 4.98 Å². The van der Waals surface area contributed by atoms with E-state index in [0.29, 0.717) is 0 Å². The lowest BCUT2D eigenvalue weighted by molar-refractivity contribution is -0.746. The molecule has 27 nitrogen and oxygen atoms in total. The monoisotopic (exact) mass is 847 g/mol. The number of rotatable bonds is 14. The SMILES string of the molecule is CO[C@@H]1[C@H](O)[C@@H](COP(=O)(O)OP(O)(=S)OP(=O)(O)COC[C@H]2O[C@@H](n3cnc4c(=O)[nH]c(N)nc43)[C@H](O)[C@@H]2O)O[C@H]1[n+]1cn(C)c2c(=O)[nH]c(N)nc21. The van der Waals surface area contributed by atoms with Crippen molar-refractivity contribution in [3.8, 4) is 0 Å². The number of aliphatic hydroxyl groups is 3. The smallest absolute Gasteiger partial charge is 0.387 e. The number of fused-ring (bicyclic) bond motifs is 2. The minimum Gasteiger partial charge on any atom is -0.387 e. The van der Waals surface area contributed by atoms with Crippen LogP contribution in [-0.4, -0.2) is 127 Å². The zero-order chi connectivity index (χ0) is 39.5. The van der Waals surface area contributed by atoms with E-state index in [1.165, 1.54) is 22.6 Å². The third-order valence-electron chi connectivity index (χ3n) is 8.09. The van der Waals surface area contributed by atoms with Crippen LogP contribution < -0.4 is 27.2 Å². The van der Waals surface area contributed by atoms with Crippen molar-refractivity contribution >= 4 is 68.2 Å². The minimum atomic E-state index is -5.40. The number of aromatic amines is 2. The van der Waals surface area contributed by atoms with Crippen molar-refractivity contribution in [1.29, 1.82) is 0 Å². The molecule has 0 saturated carbocycles. The molecule has 6 rings (SSSR count). The summed E-state index contributed by atoms with van der Waals surface area (Å²) in [6, 6.07) is 0. The lowest BCUT2D eigenvalue weighted by Crippen LogP contribution is -2.47. The number of phosphoric acid groups is 1. The highest BCUT2D eigenvalue weighted by Gasteiger charge is 2.50. The number of hydrogen-bond donors (Lipinski definition) is 10. The third kappa shape index (κ3) is 8.21. The molecule has 11 atom stereocenters. The fourth-order valence-electron chi connectivity index (χ4n) is 5.82. The molecule has 2 fully saturated rings. The van der Waals surface area contributed by atoms with Gasteiger partial charge in [-0.1, -0.05) is 4.98 Å². The first kappa shape index (κ1) is 40.6. The van der Waals surface area contributed by atoms with E-state index >= 15 is 0 Å². The number of hydrogen-bond acceptors (Lipinski definition) is 20. The lowest BCUT2D eigenvalue weighted by atomic mass is 10.1. The number of nitrogens with zero attached hydrogens (tertiary/aromatic N) is 6. The van der Waals surface area contributed by atoms with Gasteiger partial charge in [0.1, 0.15) is 43.0 Å². The first-order chi connectivity index (χ1) is 25.2. The van der Waals surface area contributed by atoms with Gasteiger partial charge >= 0.3 is 27.8 Å². The Morgan fingerprint density at radius 2 is 1.65 bits per heavy atom. The van der Waals surface area contributed by atoms with Gasteiger partial charge in [-0.25, -0.2) is 22.7 Å². The summed E-state index contributed by atoms with van der Waals surface area (Å²) < 4.78 is 65.1. The van der Waals surface area contributed by atoms with Gasteiger partial charge in [0.15, 0.2) is 23.7 Å². The van der Waals surface area contributed by atoms with Crippen molar-refractivity contribution in [2.24, 2.45) is 7.05 Å². The molecule has 6 heterocycles. The third-order valence-corrected chi connectivity index (χ3v) is 13.8. The molecule has 12 N–H and O–H groups in total. The Morgan fingerprint density at radius 3 is 2.35 bits per heavy atom. The Kier molecular flexibility index (Phi) is 11.3. The molecule has 2 aliphatic heterocycles. The van der Waals surface area contributed by atoms with Gasteiger partial charge < -0.3 is 60.4 Å². The normalized spacial score (nSPS) is 29.4. The van der Waals surface area contributed by atoms with E-state index in [4.69, 9.17) is 34.9 Å². The van der Waals surface area contributed by atoms with Crippen LogP contribution in [0.1, 0.15) is 12.5 Å². The summed E-state index contributed by atoms with van der Waals surface area (Å²) in [6.07, 6.45) is -9.82. The van der Waals surface area contributed by atoms with Crippen LogP contribution in [0.5, 0.6) is 0 Å². The summed E-state index contributed by atoms with van der Waals surface area (Å²) in [5, 5.41) is 31.9. The average Bonchev–Trinajstić information content (AvgIpc) is 3.78. The molecular weight excluding hydrogens is 813 g/mol. The van der Waals surface area contributed by atoms with Gasteiger partial charge in [-0.15, -0.1) is 0 Å². The van der Waals surface area contributed by atoms with Crippen molar-refractivity contribution in [3.05, 3.63) is 33.4 Å². The number of nitrogen functional groups attached to an aromatic ring is 2. The second kappa shape index (κ2) is 15.1. The highest BCUT2D eigenvalue weighted by atomic mass is 32.5. The average molecular weight is 848 g/mol. The van der Waals surface area contributed by atoms with Crippen LogP contribution in [0.4, 0.5) is 11.9 Å². The molecule has 298 valence electrons. The number of imidazole rings is 2. The summed E-state index contributed by atoms with van der Waals surface area (Å²) in [5.41, 5.74) is 10.00. The van der Waals surface area contributed by atoms with Crippen molar-refractivity contribution in [2.45, 2.75) is 49.1 Å². The fourth-order valence-corrected chi connectivity index (χ4v) is 11.3. The molecule has 0 amide bonds. The van der Waals surface area contributed by atoms with E-state index in [9.17, 15) is 48.7 Å². The number of nitrogens with two attached hydrogens (primary N) is 2. The van der Waals surface area contributed by atoms with Gasteiger partial charge in [0.25, 0.3) is 17.1 Å². The number of aromatic nitrogens is 8. The Balaban J connectivity index is 1.03. The van der Waals surface area contributed by atoms with Crippen molar-refractivity contribution < 1.29 is 75.8 Å². The van der Waals surface area contributed by atoms with Gasteiger partial charge in [-0.3, -0.25) is 37.8 Å². The van der Waals surface area contributed by atoms with E-state index in [1.807, 2.05) is 0 Å². The molecule has 54 heavy (non-hydrogen) atoms. The number of phosphoric ester groups is 1. The van der Waals surface area contributed by atoms with Gasteiger partial charge in [0.2, 0.25) is 17.7 Å². The number of nitrogens with one attached hydrogen (secondary N) is 2. The Labute approximate surface area is 305 Å². The number of aliphatic hydroxyl groups excluding tert-OH is 3. The van der Waals surface area contributed by atoms with Gasteiger partial charge in [0, 0.05) is 7.11 Å². The minimum absolute atomic E-state index is 0.0607. The molecule has 31 heteroatoms. The summed E-state index contributed by atoms with van der Waals surface area (Å²) in [6.45, 7) is -6.58. The second-order valence-corrected chi connectivity index (χ2v) is 18.2. The first-order valence-electron chi connectivity index (χ1n) is 15.2. The molecule has 0 bridgehead atoms. The highest BCUT2D eigenvalue weighted by Crippen LogP contribution is 2.67. The summed E-state index contributed by atoms with van der Waals surface area (Å²) in [4.78, 5) is 72.0. The topological polar surface area (TPSA) is 390 Å². The molecule has 0 spiro atoms. The largest absolute Gasteiger partial charge is 0.479 e. The highest BCUT2D eigenvalue weighted by molar-refractivity contribution is 8.09.